The van der Waals surface area contributed by atoms with Gasteiger partial charge in [-0.05, 0) is 43.5 Å². The average molecular weight is 401 g/mol. The van der Waals surface area contributed by atoms with Gasteiger partial charge in [0.2, 0.25) is 5.91 Å². The van der Waals surface area contributed by atoms with Crippen molar-refractivity contribution < 1.29 is 9.59 Å². The van der Waals surface area contributed by atoms with Crippen LogP contribution in [0.2, 0.25) is 5.02 Å². The third-order valence-corrected chi connectivity index (χ3v) is 5.78. The van der Waals surface area contributed by atoms with E-state index in [0.29, 0.717) is 18.1 Å². The number of nitrogens with zero attached hydrogens (tertiary/aromatic N) is 3. The van der Waals surface area contributed by atoms with Crippen LogP contribution in [0.25, 0.3) is 0 Å². The first-order valence-electron chi connectivity index (χ1n) is 9.83. The van der Waals surface area contributed by atoms with Gasteiger partial charge in [0.1, 0.15) is 6.54 Å². The second kappa shape index (κ2) is 7.87. The summed E-state index contributed by atoms with van der Waals surface area (Å²) < 4.78 is 2.17. The van der Waals surface area contributed by atoms with E-state index >= 15 is 0 Å². The Balaban J connectivity index is 1.62. The van der Waals surface area contributed by atoms with Crippen molar-refractivity contribution in [1.82, 2.24) is 19.7 Å². The lowest BCUT2D eigenvalue weighted by Gasteiger charge is -2.38. The Kier molecular flexibility index (Phi) is 5.31. The molecule has 1 aromatic heterocycles. The van der Waals surface area contributed by atoms with Crippen molar-refractivity contribution in [2.75, 3.05) is 19.6 Å². The molecule has 2 heterocycles. The smallest absolute Gasteiger partial charge is 0.318 e. The molecule has 1 N–H and O–H groups in total. The van der Waals surface area contributed by atoms with Crippen LogP contribution in [-0.4, -0.2) is 52.0 Å². The molecular formula is C21H25ClN4O2. The van der Waals surface area contributed by atoms with Crippen LogP contribution in [0.15, 0.2) is 42.6 Å². The number of urea groups is 1. The van der Waals surface area contributed by atoms with Crippen molar-refractivity contribution in [2.45, 2.75) is 38.4 Å². The van der Waals surface area contributed by atoms with E-state index in [4.69, 9.17) is 11.6 Å². The van der Waals surface area contributed by atoms with Crippen molar-refractivity contribution in [3.05, 3.63) is 58.9 Å². The van der Waals surface area contributed by atoms with Crippen molar-refractivity contribution in [1.29, 1.82) is 0 Å². The fraction of sp³-hybridized carbons (Fsp3) is 0.429. The largest absolute Gasteiger partial charge is 0.348 e. The third-order valence-electron chi connectivity index (χ3n) is 5.44. The molecule has 2 aromatic rings. The predicted octanol–water partition coefficient (Wildman–Crippen LogP) is 3.27. The number of carbonyl (C=O) groups excluding carboxylic acids is 2. The average Bonchev–Trinajstić information content (AvgIpc) is 3.41. The van der Waals surface area contributed by atoms with E-state index in [2.05, 4.69) is 9.88 Å². The first-order chi connectivity index (χ1) is 13.6. The highest BCUT2D eigenvalue weighted by atomic mass is 35.5. The Morgan fingerprint density at radius 1 is 1.18 bits per heavy atom. The summed E-state index contributed by atoms with van der Waals surface area (Å²) in [6.45, 7) is 3.86. The lowest BCUT2D eigenvalue weighted by molar-refractivity contribution is -0.134. The van der Waals surface area contributed by atoms with E-state index in [9.17, 15) is 9.59 Å². The van der Waals surface area contributed by atoms with Gasteiger partial charge in [-0.2, -0.15) is 0 Å². The summed E-state index contributed by atoms with van der Waals surface area (Å²) in [4.78, 5) is 29.3. The Hall–Kier alpha value is -2.47. The molecule has 0 unspecified atom stereocenters. The molecule has 0 spiro atoms. The second-order valence-electron chi connectivity index (χ2n) is 7.33. The molecule has 28 heavy (non-hydrogen) atoms. The van der Waals surface area contributed by atoms with Gasteiger partial charge in [-0.25, -0.2) is 4.79 Å². The summed E-state index contributed by atoms with van der Waals surface area (Å²) >= 11 is 6.50. The molecule has 1 fully saturated rings. The van der Waals surface area contributed by atoms with Crippen LogP contribution in [0.5, 0.6) is 0 Å². The summed E-state index contributed by atoms with van der Waals surface area (Å²) in [6, 6.07) is 11.5. The van der Waals surface area contributed by atoms with Gasteiger partial charge in [-0.3, -0.25) is 4.79 Å². The number of halogens is 1. The Morgan fingerprint density at radius 3 is 2.68 bits per heavy atom. The van der Waals surface area contributed by atoms with Crippen molar-refractivity contribution >= 4 is 23.5 Å². The van der Waals surface area contributed by atoms with E-state index in [1.807, 2.05) is 54.4 Å². The molecule has 0 saturated heterocycles. The van der Waals surface area contributed by atoms with Crippen LogP contribution < -0.4 is 5.32 Å². The number of amides is 3. The molecule has 1 aromatic carbocycles. The first-order valence-corrected chi connectivity index (χ1v) is 10.2. The van der Waals surface area contributed by atoms with Crippen LogP contribution in [-0.2, 0) is 11.3 Å². The Morgan fingerprint density at radius 2 is 1.96 bits per heavy atom. The maximum Gasteiger partial charge on any atom is 0.318 e. The molecule has 1 saturated carbocycles. The summed E-state index contributed by atoms with van der Waals surface area (Å²) in [5.74, 6) is -0.0458. The molecule has 2 aliphatic rings. The van der Waals surface area contributed by atoms with Gasteiger partial charge in [-0.1, -0.05) is 29.8 Å². The van der Waals surface area contributed by atoms with E-state index in [1.54, 1.807) is 4.90 Å². The minimum atomic E-state index is -0.250. The number of rotatable bonds is 5. The van der Waals surface area contributed by atoms with Crippen LogP contribution in [0.3, 0.4) is 0 Å². The van der Waals surface area contributed by atoms with Crippen LogP contribution in [0.4, 0.5) is 4.79 Å². The highest BCUT2D eigenvalue weighted by Crippen LogP contribution is 2.36. The molecule has 1 aliphatic heterocycles. The van der Waals surface area contributed by atoms with Gasteiger partial charge in [0.15, 0.2) is 0 Å². The number of hydrogen-bond acceptors (Lipinski definition) is 2. The lowest BCUT2D eigenvalue weighted by Crippen LogP contribution is -2.50. The van der Waals surface area contributed by atoms with E-state index in [-0.39, 0.29) is 30.6 Å². The molecule has 0 radical (unpaired) electrons. The zero-order chi connectivity index (χ0) is 19.7. The molecule has 148 valence electrons. The number of hydrogen-bond donors (Lipinski definition) is 1. The van der Waals surface area contributed by atoms with Gasteiger partial charge in [0.25, 0.3) is 0 Å². The molecule has 4 rings (SSSR count). The fourth-order valence-electron chi connectivity index (χ4n) is 3.92. The summed E-state index contributed by atoms with van der Waals surface area (Å²) in [5.41, 5.74) is 1.96. The number of aromatic nitrogens is 1. The van der Waals surface area contributed by atoms with Gasteiger partial charge in [-0.15, -0.1) is 0 Å². The molecule has 0 bridgehead atoms. The Bertz CT molecular complexity index is 877. The summed E-state index contributed by atoms with van der Waals surface area (Å²) in [7, 11) is 0. The van der Waals surface area contributed by atoms with Crippen molar-refractivity contribution in [3.63, 3.8) is 0 Å². The highest BCUT2D eigenvalue weighted by molar-refractivity contribution is 6.31. The van der Waals surface area contributed by atoms with Crippen molar-refractivity contribution in [2.24, 2.45) is 0 Å². The summed E-state index contributed by atoms with van der Waals surface area (Å²) in [5, 5.41) is 3.47. The third kappa shape index (κ3) is 3.61. The zero-order valence-corrected chi connectivity index (χ0v) is 16.7. The van der Waals surface area contributed by atoms with E-state index < -0.39 is 0 Å². The molecule has 7 heteroatoms. The minimum absolute atomic E-state index is 0.0458. The van der Waals surface area contributed by atoms with Gasteiger partial charge in [0, 0.05) is 42.6 Å². The topological polar surface area (TPSA) is 57.6 Å². The fourth-order valence-corrected chi connectivity index (χ4v) is 4.16. The number of fused-ring (bicyclic) bond motifs is 1. The van der Waals surface area contributed by atoms with Crippen molar-refractivity contribution in [3.8, 4) is 0 Å². The highest BCUT2D eigenvalue weighted by Gasteiger charge is 2.38. The number of carbonyl (C=O) groups is 2. The quantitative estimate of drug-likeness (QED) is 0.837. The normalized spacial score (nSPS) is 18.5. The minimum Gasteiger partial charge on any atom is -0.348 e. The maximum atomic E-state index is 13.3. The monoisotopic (exact) mass is 400 g/mol. The number of benzene rings is 1. The van der Waals surface area contributed by atoms with Gasteiger partial charge < -0.3 is 19.7 Å². The molecule has 1 atom stereocenters. The van der Waals surface area contributed by atoms with Crippen LogP contribution >= 0.6 is 11.6 Å². The second-order valence-corrected chi connectivity index (χ2v) is 7.74. The maximum absolute atomic E-state index is 13.3. The predicted molar refractivity (Wildman–Crippen MR) is 108 cm³/mol. The lowest BCUT2D eigenvalue weighted by atomic mass is 9.99. The van der Waals surface area contributed by atoms with Gasteiger partial charge >= 0.3 is 6.03 Å². The van der Waals surface area contributed by atoms with E-state index in [1.165, 1.54) is 0 Å². The molecule has 1 aliphatic carbocycles. The zero-order valence-electron chi connectivity index (χ0n) is 16.0. The molecule has 6 nitrogen and oxygen atoms in total. The van der Waals surface area contributed by atoms with Crippen LogP contribution in [0.1, 0.15) is 37.1 Å². The summed E-state index contributed by atoms with van der Waals surface area (Å²) in [6.07, 6.45) is 3.95. The van der Waals surface area contributed by atoms with Gasteiger partial charge in [0.05, 0.1) is 6.04 Å². The van der Waals surface area contributed by atoms with E-state index in [0.717, 1.165) is 30.6 Å². The SMILES string of the molecule is CCNC(=O)N(CC(=O)N1CCn2cccc2[C@@H]1c1ccccc1Cl)C1CC1. The molecular weight excluding hydrogens is 376 g/mol. The Labute approximate surface area is 170 Å². The van der Waals surface area contributed by atoms with Crippen LogP contribution in [0, 0.1) is 0 Å². The number of nitrogens with one attached hydrogen (secondary N) is 1. The first kappa shape index (κ1) is 18.9. The molecule has 3 amide bonds. The standard InChI is InChI=1S/C21H25ClN4O2/c1-2-23-21(28)26(15-9-10-15)14-19(27)25-13-12-24-11-5-8-18(24)20(25)16-6-3-4-7-17(16)22/h3-8,11,15,20H,2,9-10,12-14H2,1H3,(H,23,28)/t20-/m0/s1.